The summed E-state index contributed by atoms with van der Waals surface area (Å²) in [5.74, 6) is -1.23. The fraction of sp³-hybridized carbons (Fsp3) is 0.154. The van der Waals surface area contributed by atoms with Crippen molar-refractivity contribution in [2.45, 2.75) is 6.04 Å². The Labute approximate surface area is 124 Å². The molecule has 8 heteroatoms. The Morgan fingerprint density at radius 3 is 2.95 bits per heavy atom. The maximum absolute atomic E-state index is 11.6. The lowest BCUT2D eigenvalue weighted by molar-refractivity contribution is -0.139. The minimum absolute atomic E-state index is 0.408. The van der Waals surface area contributed by atoms with Gasteiger partial charge in [-0.25, -0.2) is 4.79 Å². The molecule has 2 aromatic heterocycles. The van der Waals surface area contributed by atoms with Gasteiger partial charge in [0, 0.05) is 11.1 Å². The molecule has 0 fully saturated rings. The summed E-state index contributed by atoms with van der Waals surface area (Å²) in [4.78, 5) is 23.2. The summed E-state index contributed by atoms with van der Waals surface area (Å²) >= 11 is 1.59. The minimum Gasteiger partial charge on any atom is -0.480 e. The fourth-order valence-electron chi connectivity index (χ4n) is 1.38. The smallest absolute Gasteiger partial charge is 0.434 e. The topological polar surface area (TPSA) is 107 Å². The van der Waals surface area contributed by atoms with Crippen LogP contribution in [0.5, 0.6) is 0 Å². The second-order valence-corrected chi connectivity index (χ2v) is 5.03. The number of nitrogens with two attached hydrogens (primary N) is 1. The number of rotatable bonds is 5. The van der Waals surface area contributed by atoms with Crippen molar-refractivity contribution in [3.8, 4) is 0 Å². The van der Waals surface area contributed by atoms with Crippen LogP contribution in [0.3, 0.4) is 0 Å². The SMILES string of the molecule is N[C@H](COC(=O)n1ccc(/C=C/c2cccs2)n1)C(=O)O. The van der Waals surface area contributed by atoms with Gasteiger partial charge in [0.2, 0.25) is 0 Å². The first-order valence-corrected chi connectivity index (χ1v) is 6.87. The third-order valence-electron chi connectivity index (χ3n) is 2.46. The molecule has 0 aliphatic heterocycles. The van der Waals surface area contributed by atoms with E-state index in [-0.39, 0.29) is 0 Å². The fourth-order valence-corrected chi connectivity index (χ4v) is 2.00. The molecular formula is C13H13N3O4S. The molecule has 0 aromatic carbocycles. The second kappa shape index (κ2) is 6.82. The number of carboxylic acids is 1. The molecule has 3 N–H and O–H groups in total. The van der Waals surface area contributed by atoms with Crippen molar-refractivity contribution in [1.82, 2.24) is 9.78 Å². The average Bonchev–Trinajstić information content (AvgIpc) is 3.12. The number of carboxylic acid groups (broad SMARTS) is 1. The predicted molar refractivity (Wildman–Crippen MR) is 77.8 cm³/mol. The third kappa shape index (κ3) is 4.26. The Morgan fingerprint density at radius 2 is 2.29 bits per heavy atom. The van der Waals surface area contributed by atoms with E-state index >= 15 is 0 Å². The van der Waals surface area contributed by atoms with Crippen LogP contribution in [0.1, 0.15) is 10.6 Å². The van der Waals surface area contributed by atoms with Crippen LogP contribution in [-0.2, 0) is 9.53 Å². The molecule has 2 aromatic rings. The molecule has 1 atom stereocenters. The molecule has 0 aliphatic carbocycles. The van der Waals surface area contributed by atoms with Crippen molar-refractivity contribution < 1.29 is 19.4 Å². The van der Waals surface area contributed by atoms with Gasteiger partial charge in [0.15, 0.2) is 0 Å². The Hall–Kier alpha value is -2.45. The van der Waals surface area contributed by atoms with Crippen LogP contribution in [0.25, 0.3) is 12.2 Å². The van der Waals surface area contributed by atoms with Crippen LogP contribution in [0.15, 0.2) is 29.8 Å². The number of aliphatic carboxylic acids is 1. The summed E-state index contributed by atoms with van der Waals surface area (Å²) in [5.41, 5.74) is 5.82. The van der Waals surface area contributed by atoms with Gasteiger partial charge in [-0.2, -0.15) is 9.78 Å². The van der Waals surface area contributed by atoms with Crippen molar-refractivity contribution in [2.24, 2.45) is 5.73 Å². The molecule has 0 aliphatic rings. The van der Waals surface area contributed by atoms with Crippen molar-refractivity contribution in [3.05, 3.63) is 40.3 Å². The van der Waals surface area contributed by atoms with Gasteiger partial charge < -0.3 is 15.6 Å². The lowest BCUT2D eigenvalue weighted by Crippen LogP contribution is -2.36. The zero-order chi connectivity index (χ0) is 15.2. The summed E-state index contributed by atoms with van der Waals surface area (Å²) < 4.78 is 5.74. The highest BCUT2D eigenvalue weighted by molar-refractivity contribution is 7.10. The highest BCUT2D eigenvalue weighted by Crippen LogP contribution is 2.12. The van der Waals surface area contributed by atoms with Gasteiger partial charge in [-0.1, -0.05) is 6.07 Å². The predicted octanol–water partition coefficient (Wildman–Crippen LogP) is 1.51. The summed E-state index contributed by atoms with van der Waals surface area (Å²) in [5, 5.41) is 14.5. The Balaban J connectivity index is 1.93. The molecule has 0 unspecified atom stereocenters. The average molecular weight is 307 g/mol. The summed E-state index contributed by atoms with van der Waals surface area (Å²) in [6.07, 6.45) is 4.30. The second-order valence-electron chi connectivity index (χ2n) is 4.06. The third-order valence-corrected chi connectivity index (χ3v) is 3.30. The quantitative estimate of drug-likeness (QED) is 0.867. The summed E-state index contributed by atoms with van der Waals surface area (Å²) in [7, 11) is 0. The normalized spacial score (nSPS) is 12.4. The van der Waals surface area contributed by atoms with Crippen LogP contribution in [0.4, 0.5) is 4.79 Å². The van der Waals surface area contributed by atoms with Crippen LogP contribution in [0.2, 0.25) is 0 Å². The molecule has 0 spiro atoms. The van der Waals surface area contributed by atoms with Crippen LogP contribution >= 0.6 is 11.3 Å². The minimum atomic E-state index is -1.25. The lowest BCUT2D eigenvalue weighted by Gasteiger charge is -2.07. The molecule has 110 valence electrons. The molecule has 21 heavy (non-hydrogen) atoms. The number of thiophene rings is 1. The van der Waals surface area contributed by atoms with E-state index in [1.807, 2.05) is 23.6 Å². The highest BCUT2D eigenvalue weighted by atomic mass is 32.1. The Kier molecular flexibility index (Phi) is 4.85. The number of aromatic nitrogens is 2. The van der Waals surface area contributed by atoms with Gasteiger partial charge in [0.1, 0.15) is 12.6 Å². The standard InChI is InChI=1S/C13H13N3O4S/c14-11(12(17)18)8-20-13(19)16-6-5-9(15-16)3-4-10-2-1-7-21-10/h1-7,11H,8,14H2,(H,17,18)/b4-3+/t11-/m1/s1. The van der Waals surface area contributed by atoms with Gasteiger partial charge >= 0.3 is 12.1 Å². The van der Waals surface area contributed by atoms with Gasteiger partial charge in [0.25, 0.3) is 0 Å². The monoisotopic (exact) mass is 307 g/mol. The molecule has 0 amide bonds. The van der Waals surface area contributed by atoms with E-state index in [2.05, 4.69) is 5.10 Å². The van der Waals surface area contributed by atoms with E-state index in [1.165, 1.54) is 6.20 Å². The Bertz CT molecular complexity index is 648. The Morgan fingerprint density at radius 1 is 1.48 bits per heavy atom. The van der Waals surface area contributed by atoms with E-state index in [0.717, 1.165) is 9.56 Å². The molecule has 0 bridgehead atoms. The van der Waals surface area contributed by atoms with Gasteiger partial charge in [-0.05, 0) is 29.7 Å². The molecule has 0 saturated heterocycles. The van der Waals surface area contributed by atoms with E-state index in [4.69, 9.17) is 15.6 Å². The van der Waals surface area contributed by atoms with E-state index in [0.29, 0.717) is 5.69 Å². The van der Waals surface area contributed by atoms with Crippen molar-refractivity contribution >= 4 is 35.6 Å². The van der Waals surface area contributed by atoms with Gasteiger partial charge in [-0.3, -0.25) is 4.79 Å². The highest BCUT2D eigenvalue weighted by Gasteiger charge is 2.15. The van der Waals surface area contributed by atoms with E-state index in [1.54, 1.807) is 23.5 Å². The zero-order valence-electron chi connectivity index (χ0n) is 10.9. The maximum atomic E-state index is 11.6. The largest absolute Gasteiger partial charge is 0.480 e. The number of nitrogens with zero attached hydrogens (tertiary/aromatic N) is 2. The molecule has 2 rings (SSSR count). The van der Waals surface area contributed by atoms with E-state index in [9.17, 15) is 9.59 Å². The first-order chi connectivity index (χ1) is 10.1. The number of ether oxygens (including phenoxy) is 1. The van der Waals surface area contributed by atoms with Crippen LogP contribution in [0, 0.1) is 0 Å². The molecule has 0 saturated carbocycles. The lowest BCUT2D eigenvalue weighted by atomic mass is 10.3. The molecule has 2 heterocycles. The van der Waals surface area contributed by atoms with Crippen molar-refractivity contribution in [3.63, 3.8) is 0 Å². The summed E-state index contributed by atoms with van der Waals surface area (Å²) in [6.45, 7) is -0.408. The van der Waals surface area contributed by atoms with Gasteiger partial charge in [0.05, 0.1) is 5.69 Å². The maximum Gasteiger partial charge on any atom is 0.434 e. The number of carbonyl (C=O) groups is 2. The summed E-state index contributed by atoms with van der Waals surface area (Å²) in [6, 6.07) is 4.29. The zero-order valence-corrected chi connectivity index (χ0v) is 11.7. The van der Waals surface area contributed by atoms with Crippen LogP contribution in [-0.4, -0.2) is 39.6 Å². The van der Waals surface area contributed by atoms with Crippen LogP contribution < -0.4 is 5.73 Å². The first kappa shape index (κ1) is 14.9. The van der Waals surface area contributed by atoms with Crippen molar-refractivity contribution in [2.75, 3.05) is 6.61 Å². The number of carbonyl (C=O) groups excluding carboxylic acids is 1. The van der Waals surface area contributed by atoms with Crippen molar-refractivity contribution in [1.29, 1.82) is 0 Å². The number of hydrogen-bond donors (Lipinski definition) is 2. The van der Waals surface area contributed by atoms with Gasteiger partial charge in [-0.15, -0.1) is 11.3 Å². The number of hydrogen-bond acceptors (Lipinski definition) is 6. The van der Waals surface area contributed by atoms with E-state index < -0.39 is 24.7 Å². The molecule has 0 radical (unpaired) electrons. The molecule has 7 nitrogen and oxygen atoms in total. The first-order valence-electron chi connectivity index (χ1n) is 5.99. The molecular weight excluding hydrogens is 294 g/mol.